The Labute approximate surface area is 127 Å². The molecule has 0 aliphatic heterocycles. The van der Waals surface area contributed by atoms with E-state index in [2.05, 4.69) is 30.7 Å². The van der Waals surface area contributed by atoms with E-state index in [1.165, 1.54) is 6.07 Å². The SMILES string of the molecule is Cc1nn2c(-c3cccc(OC(F)F)c3)ccnc2c1Br. The van der Waals surface area contributed by atoms with Crippen LogP contribution in [0.3, 0.4) is 0 Å². The van der Waals surface area contributed by atoms with E-state index in [1.54, 1.807) is 35.0 Å². The number of halogens is 3. The van der Waals surface area contributed by atoms with Crippen LogP contribution in [0.5, 0.6) is 5.75 Å². The maximum atomic E-state index is 12.3. The van der Waals surface area contributed by atoms with Gasteiger partial charge in [0.1, 0.15) is 5.75 Å². The molecule has 108 valence electrons. The van der Waals surface area contributed by atoms with Crippen molar-refractivity contribution in [2.24, 2.45) is 0 Å². The van der Waals surface area contributed by atoms with Crippen molar-refractivity contribution in [3.05, 3.63) is 46.7 Å². The van der Waals surface area contributed by atoms with Gasteiger partial charge in [0.15, 0.2) is 5.65 Å². The van der Waals surface area contributed by atoms with Crippen molar-refractivity contribution in [2.75, 3.05) is 0 Å². The summed E-state index contributed by atoms with van der Waals surface area (Å²) in [6.07, 6.45) is 1.65. The van der Waals surface area contributed by atoms with Crippen LogP contribution in [0.1, 0.15) is 5.69 Å². The van der Waals surface area contributed by atoms with Gasteiger partial charge in [-0.3, -0.25) is 0 Å². The Balaban J connectivity index is 2.14. The predicted octanol–water partition coefficient (Wildman–Crippen LogP) is 4.07. The second-order valence-electron chi connectivity index (χ2n) is 4.37. The van der Waals surface area contributed by atoms with Gasteiger partial charge < -0.3 is 4.74 Å². The molecule has 21 heavy (non-hydrogen) atoms. The van der Waals surface area contributed by atoms with Crippen molar-refractivity contribution in [3.63, 3.8) is 0 Å². The first kappa shape index (κ1) is 13.9. The number of rotatable bonds is 3. The van der Waals surface area contributed by atoms with Gasteiger partial charge in [-0.15, -0.1) is 0 Å². The zero-order valence-corrected chi connectivity index (χ0v) is 12.5. The Morgan fingerprint density at radius 2 is 2.10 bits per heavy atom. The molecule has 0 bridgehead atoms. The molecule has 0 atom stereocenters. The fourth-order valence-electron chi connectivity index (χ4n) is 2.07. The number of benzene rings is 1. The first-order valence-corrected chi connectivity index (χ1v) is 6.90. The van der Waals surface area contributed by atoms with Crippen molar-refractivity contribution in [3.8, 4) is 17.0 Å². The van der Waals surface area contributed by atoms with Crippen molar-refractivity contribution in [1.29, 1.82) is 0 Å². The highest BCUT2D eigenvalue weighted by Gasteiger charge is 2.13. The zero-order chi connectivity index (χ0) is 15.0. The Kier molecular flexibility index (Phi) is 3.59. The number of aryl methyl sites for hydroxylation is 1. The summed E-state index contributed by atoms with van der Waals surface area (Å²) in [7, 11) is 0. The first-order chi connectivity index (χ1) is 10.1. The minimum absolute atomic E-state index is 0.107. The normalized spacial score (nSPS) is 11.3. The van der Waals surface area contributed by atoms with E-state index in [-0.39, 0.29) is 5.75 Å². The highest BCUT2D eigenvalue weighted by atomic mass is 79.9. The van der Waals surface area contributed by atoms with Crippen LogP contribution in [-0.2, 0) is 0 Å². The topological polar surface area (TPSA) is 39.4 Å². The van der Waals surface area contributed by atoms with Crippen molar-refractivity contribution in [2.45, 2.75) is 13.5 Å². The van der Waals surface area contributed by atoms with E-state index in [1.807, 2.05) is 6.92 Å². The highest BCUT2D eigenvalue weighted by Crippen LogP contribution is 2.28. The molecule has 0 amide bonds. The summed E-state index contributed by atoms with van der Waals surface area (Å²) in [5, 5.41) is 4.40. The van der Waals surface area contributed by atoms with Gasteiger partial charge in [-0.2, -0.15) is 13.9 Å². The van der Waals surface area contributed by atoms with Gasteiger partial charge in [0.05, 0.1) is 15.9 Å². The van der Waals surface area contributed by atoms with Gasteiger partial charge in [-0.05, 0) is 41.1 Å². The van der Waals surface area contributed by atoms with E-state index >= 15 is 0 Å². The highest BCUT2D eigenvalue weighted by molar-refractivity contribution is 9.10. The number of hydrogen-bond donors (Lipinski definition) is 0. The van der Waals surface area contributed by atoms with Gasteiger partial charge in [0, 0.05) is 11.8 Å². The molecule has 0 radical (unpaired) electrons. The summed E-state index contributed by atoms with van der Waals surface area (Å²) in [5.41, 5.74) is 2.93. The lowest BCUT2D eigenvalue weighted by Gasteiger charge is -2.08. The summed E-state index contributed by atoms with van der Waals surface area (Å²) >= 11 is 3.43. The molecule has 2 aromatic heterocycles. The standard InChI is InChI=1S/C14H10BrF2N3O/c1-8-12(15)13-18-6-5-11(20(13)19-8)9-3-2-4-10(7-9)21-14(16)17/h2-7,14H,1H3. The molecule has 7 heteroatoms. The van der Waals surface area contributed by atoms with Crippen LogP contribution in [0.4, 0.5) is 8.78 Å². The second-order valence-corrected chi connectivity index (χ2v) is 5.16. The van der Waals surface area contributed by atoms with Crippen LogP contribution in [-0.4, -0.2) is 21.2 Å². The molecule has 0 N–H and O–H groups in total. The molecule has 0 saturated carbocycles. The van der Waals surface area contributed by atoms with E-state index < -0.39 is 6.61 Å². The van der Waals surface area contributed by atoms with E-state index in [0.717, 1.165) is 21.4 Å². The summed E-state index contributed by atoms with van der Waals surface area (Å²) < 4.78 is 31.5. The maximum absolute atomic E-state index is 12.3. The molecule has 3 aromatic rings. The minimum Gasteiger partial charge on any atom is -0.435 e. The molecule has 0 unspecified atom stereocenters. The second kappa shape index (κ2) is 5.40. The number of fused-ring (bicyclic) bond motifs is 1. The Morgan fingerprint density at radius 3 is 2.86 bits per heavy atom. The Hall–Kier alpha value is -2.02. The fourth-order valence-corrected chi connectivity index (χ4v) is 2.42. The quantitative estimate of drug-likeness (QED) is 0.712. The van der Waals surface area contributed by atoms with Gasteiger partial charge in [-0.1, -0.05) is 12.1 Å². The van der Waals surface area contributed by atoms with E-state index in [4.69, 9.17) is 0 Å². The van der Waals surface area contributed by atoms with E-state index in [9.17, 15) is 8.78 Å². The molecule has 0 aliphatic rings. The average molecular weight is 354 g/mol. The minimum atomic E-state index is -2.85. The molecular formula is C14H10BrF2N3O. The molecule has 4 nitrogen and oxygen atoms in total. The van der Waals surface area contributed by atoms with Crippen LogP contribution in [0.2, 0.25) is 0 Å². The van der Waals surface area contributed by atoms with Crippen LogP contribution >= 0.6 is 15.9 Å². The third kappa shape index (κ3) is 2.61. The predicted molar refractivity (Wildman–Crippen MR) is 77.5 cm³/mol. The van der Waals surface area contributed by atoms with Crippen LogP contribution in [0, 0.1) is 6.92 Å². The number of ether oxygens (including phenoxy) is 1. The lowest BCUT2D eigenvalue weighted by atomic mass is 10.1. The van der Waals surface area contributed by atoms with E-state index in [0.29, 0.717) is 5.65 Å². The molecule has 1 aromatic carbocycles. The van der Waals surface area contributed by atoms with Gasteiger partial charge >= 0.3 is 6.61 Å². The van der Waals surface area contributed by atoms with Crippen molar-refractivity contribution in [1.82, 2.24) is 14.6 Å². The summed E-state index contributed by atoms with van der Waals surface area (Å²) in [4.78, 5) is 4.26. The fraction of sp³-hybridized carbons (Fsp3) is 0.143. The third-order valence-corrected chi connectivity index (χ3v) is 3.91. The zero-order valence-electron chi connectivity index (χ0n) is 10.9. The number of nitrogens with zero attached hydrogens (tertiary/aromatic N) is 3. The smallest absolute Gasteiger partial charge is 0.387 e. The third-order valence-electron chi connectivity index (χ3n) is 2.98. The first-order valence-electron chi connectivity index (χ1n) is 6.11. The van der Waals surface area contributed by atoms with Crippen molar-refractivity contribution >= 4 is 21.6 Å². The molecule has 0 fully saturated rings. The molecule has 0 spiro atoms. The Morgan fingerprint density at radius 1 is 1.29 bits per heavy atom. The molecular weight excluding hydrogens is 344 g/mol. The number of aromatic nitrogens is 3. The lowest BCUT2D eigenvalue weighted by Crippen LogP contribution is -2.02. The van der Waals surface area contributed by atoms with Crippen LogP contribution in [0.25, 0.3) is 16.9 Å². The summed E-state index contributed by atoms with van der Waals surface area (Å²) in [6, 6.07) is 8.26. The molecule has 0 saturated heterocycles. The largest absolute Gasteiger partial charge is 0.435 e. The summed E-state index contributed by atoms with van der Waals surface area (Å²) in [5.74, 6) is 0.107. The maximum Gasteiger partial charge on any atom is 0.387 e. The molecule has 3 rings (SSSR count). The summed E-state index contributed by atoms with van der Waals surface area (Å²) in [6.45, 7) is -0.988. The monoisotopic (exact) mass is 353 g/mol. The molecule has 0 aliphatic carbocycles. The number of hydrogen-bond acceptors (Lipinski definition) is 3. The van der Waals surface area contributed by atoms with Gasteiger partial charge in [0.25, 0.3) is 0 Å². The van der Waals surface area contributed by atoms with Gasteiger partial charge in [-0.25, -0.2) is 9.50 Å². The Bertz CT molecular complexity index is 804. The van der Waals surface area contributed by atoms with Crippen LogP contribution in [0.15, 0.2) is 41.0 Å². The molecule has 2 heterocycles. The lowest BCUT2D eigenvalue weighted by molar-refractivity contribution is -0.0498. The van der Waals surface area contributed by atoms with Crippen molar-refractivity contribution < 1.29 is 13.5 Å². The van der Waals surface area contributed by atoms with Crippen LogP contribution < -0.4 is 4.74 Å². The number of alkyl halides is 2. The van der Waals surface area contributed by atoms with Gasteiger partial charge in [0.2, 0.25) is 0 Å². The average Bonchev–Trinajstić information content (AvgIpc) is 2.74.